The lowest BCUT2D eigenvalue weighted by Crippen LogP contribution is -2.21. The van der Waals surface area contributed by atoms with E-state index in [1.807, 2.05) is 0 Å². The van der Waals surface area contributed by atoms with Gasteiger partial charge in [-0.2, -0.15) is 0 Å². The summed E-state index contributed by atoms with van der Waals surface area (Å²) in [6, 6.07) is 0. The summed E-state index contributed by atoms with van der Waals surface area (Å²) < 4.78 is 47.4. The second kappa shape index (κ2) is 15.0. The molecule has 0 aromatic carbocycles. The Kier molecular flexibility index (Phi) is 15.0. The molecule has 31 heavy (non-hydrogen) atoms. The summed E-state index contributed by atoms with van der Waals surface area (Å²) in [4.78, 5) is 0. The van der Waals surface area contributed by atoms with E-state index in [9.17, 15) is 9.13 Å². The van der Waals surface area contributed by atoms with Crippen LogP contribution in [0.4, 0.5) is 0 Å². The Bertz CT molecular complexity index is 656. The van der Waals surface area contributed by atoms with Crippen LogP contribution < -0.4 is 10.6 Å². The van der Waals surface area contributed by atoms with Crippen molar-refractivity contribution in [3.8, 4) is 0 Å². The summed E-state index contributed by atoms with van der Waals surface area (Å²) in [6.07, 6.45) is 1.80. The summed E-state index contributed by atoms with van der Waals surface area (Å²) in [5.41, 5.74) is 0. The van der Waals surface area contributed by atoms with Crippen LogP contribution in [-0.2, 0) is 27.2 Å². The van der Waals surface area contributed by atoms with Gasteiger partial charge < -0.3 is 28.7 Å². The minimum atomic E-state index is -3.59. The van der Waals surface area contributed by atoms with Gasteiger partial charge >= 0.3 is 15.2 Å². The zero-order valence-corrected chi connectivity index (χ0v) is 23.0. The average molecular weight is 523 g/mol. The molecule has 0 aromatic heterocycles. The fraction of sp³-hybridized carbons (Fsp3) is 0.789. The summed E-state index contributed by atoms with van der Waals surface area (Å²) >= 11 is 12.4. The third-order valence-corrected chi connectivity index (χ3v) is 8.37. The fourth-order valence-corrected chi connectivity index (χ4v) is 6.60. The lowest BCUT2D eigenvalue weighted by Gasteiger charge is -2.22. The summed E-state index contributed by atoms with van der Waals surface area (Å²) in [5.74, 6) is 0. The normalized spacial score (nSPS) is 14.3. The van der Waals surface area contributed by atoms with Gasteiger partial charge in [0, 0.05) is 30.5 Å². The first-order valence-corrected chi connectivity index (χ1v) is 14.3. The van der Waals surface area contributed by atoms with Crippen LogP contribution in [0.3, 0.4) is 0 Å². The molecule has 12 heteroatoms. The number of hydrogen-bond acceptors (Lipinski definition) is 8. The molecule has 0 heterocycles. The highest BCUT2D eigenvalue weighted by atomic mass is 35.5. The van der Waals surface area contributed by atoms with Gasteiger partial charge in [-0.3, -0.25) is 9.13 Å². The van der Waals surface area contributed by atoms with E-state index >= 15 is 0 Å². The molecule has 0 amide bonds. The molecule has 8 nitrogen and oxygen atoms in total. The molecular weight excluding hydrogens is 485 g/mol. The molecule has 0 atom stereocenters. The highest BCUT2D eigenvalue weighted by Gasteiger charge is 2.32. The third-order valence-electron chi connectivity index (χ3n) is 2.94. The quantitative estimate of drug-likeness (QED) is 0.178. The minimum absolute atomic E-state index is 0.0268. The van der Waals surface area contributed by atoms with Gasteiger partial charge in [0.15, 0.2) is 0 Å². The van der Waals surface area contributed by atoms with Crippen molar-refractivity contribution in [2.24, 2.45) is 0 Å². The smallest absolute Gasteiger partial charge is 0.374 e. The zero-order chi connectivity index (χ0) is 24.2. The lowest BCUT2D eigenvalue weighted by atomic mass is 10.5. The third kappa shape index (κ3) is 14.7. The van der Waals surface area contributed by atoms with E-state index in [-0.39, 0.29) is 35.4 Å². The van der Waals surface area contributed by atoms with Crippen molar-refractivity contribution in [1.82, 2.24) is 10.6 Å². The molecule has 0 saturated heterocycles. The monoisotopic (exact) mass is 522 g/mol. The molecule has 0 bridgehead atoms. The summed E-state index contributed by atoms with van der Waals surface area (Å²) in [6.45, 7) is 15.1. The number of halogens is 2. The molecule has 0 aromatic rings. The molecule has 0 saturated carbocycles. The zero-order valence-electron chi connectivity index (χ0n) is 19.7. The molecule has 0 aliphatic heterocycles. The fourth-order valence-electron chi connectivity index (χ4n) is 2.22. The molecule has 0 spiro atoms. The predicted molar refractivity (Wildman–Crippen MR) is 129 cm³/mol. The Morgan fingerprint density at radius 2 is 1.13 bits per heavy atom. The lowest BCUT2D eigenvalue weighted by molar-refractivity contribution is 0.144. The highest BCUT2D eigenvalue weighted by molar-refractivity contribution is 7.61. The van der Waals surface area contributed by atoms with Crippen LogP contribution in [0.25, 0.3) is 0 Å². The Hall–Kier alpha value is -0.0400. The van der Waals surface area contributed by atoms with Gasteiger partial charge in [-0.25, -0.2) is 0 Å². The molecule has 0 unspecified atom stereocenters. The first-order chi connectivity index (χ1) is 14.2. The topological polar surface area (TPSA) is 95.1 Å². The molecule has 0 aliphatic rings. The van der Waals surface area contributed by atoms with Crippen LogP contribution in [0.15, 0.2) is 22.2 Å². The van der Waals surface area contributed by atoms with Crippen LogP contribution in [0.2, 0.25) is 0 Å². The maximum absolute atomic E-state index is 12.9. The van der Waals surface area contributed by atoms with Gasteiger partial charge in [-0.15, -0.1) is 0 Å². The first-order valence-electron chi connectivity index (χ1n) is 10.3. The Balaban J connectivity index is 4.72. The molecular formula is C19H38Cl2N2O6P2. The van der Waals surface area contributed by atoms with Gasteiger partial charge in [0.05, 0.1) is 30.6 Å². The van der Waals surface area contributed by atoms with Crippen LogP contribution in [0.1, 0.15) is 55.4 Å². The second-order valence-electron chi connectivity index (χ2n) is 7.85. The minimum Gasteiger partial charge on any atom is -0.388 e. The molecule has 2 N–H and O–H groups in total. The molecule has 0 aliphatic carbocycles. The summed E-state index contributed by atoms with van der Waals surface area (Å²) in [5, 5.41) is 6.26. The van der Waals surface area contributed by atoms with Crippen LogP contribution in [-0.4, -0.2) is 43.7 Å². The van der Waals surface area contributed by atoms with Crippen LogP contribution in [0.5, 0.6) is 0 Å². The number of hydrogen-bond donors (Lipinski definition) is 2. The van der Waals surface area contributed by atoms with E-state index in [1.165, 1.54) is 6.20 Å². The number of allylic oxidation sites excluding steroid dienone is 1. The number of nitrogens with one attached hydrogen (secondary N) is 2. The van der Waals surface area contributed by atoms with Crippen molar-refractivity contribution in [2.75, 3.05) is 19.3 Å². The van der Waals surface area contributed by atoms with Gasteiger partial charge in [-0.1, -0.05) is 23.2 Å². The molecule has 0 rings (SSSR count). The van der Waals surface area contributed by atoms with Crippen molar-refractivity contribution in [2.45, 2.75) is 79.8 Å². The average Bonchev–Trinajstić information content (AvgIpc) is 2.53. The van der Waals surface area contributed by atoms with E-state index in [2.05, 4.69) is 10.6 Å². The Morgan fingerprint density at radius 1 is 0.742 bits per heavy atom. The van der Waals surface area contributed by atoms with Gasteiger partial charge in [0.2, 0.25) is 0 Å². The van der Waals surface area contributed by atoms with E-state index in [4.69, 9.17) is 41.3 Å². The van der Waals surface area contributed by atoms with Crippen molar-refractivity contribution in [1.29, 1.82) is 0 Å². The van der Waals surface area contributed by atoms with Gasteiger partial charge in [0.25, 0.3) is 0 Å². The Morgan fingerprint density at radius 3 is 1.52 bits per heavy atom. The first kappa shape index (κ1) is 31.0. The van der Waals surface area contributed by atoms with Crippen molar-refractivity contribution < 1.29 is 27.2 Å². The van der Waals surface area contributed by atoms with E-state index < -0.39 is 15.2 Å². The standard InChI is InChI=1S/C19H38Cl2N2O6P2/c1-14(2)26-30(24,27-15(3)4)13-18(20)11-22-9-10-23-12-19(21)31(25,28-16(5)6)29-17(7)8/h11-12,14-17,22-23H,9-10,13H2,1-8H3. The molecule has 184 valence electrons. The van der Waals surface area contributed by atoms with E-state index in [0.29, 0.717) is 18.1 Å². The largest absolute Gasteiger partial charge is 0.388 e. The molecule has 0 fully saturated rings. The Labute approximate surface area is 197 Å². The van der Waals surface area contributed by atoms with E-state index in [1.54, 1.807) is 61.6 Å². The maximum atomic E-state index is 12.9. The van der Waals surface area contributed by atoms with Crippen molar-refractivity contribution in [3.63, 3.8) is 0 Å². The van der Waals surface area contributed by atoms with Crippen LogP contribution >= 0.6 is 38.4 Å². The maximum Gasteiger partial charge on any atom is 0.374 e. The number of rotatable bonds is 16. The second-order valence-corrected chi connectivity index (χ2v) is 12.9. The molecule has 0 radical (unpaired) electrons. The SMILES string of the molecule is CC(C)OP(=O)(CC(Cl)=CNCCNC=C(Cl)P(=O)(OC(C)C)OC(C)C)OC(C)C. The summed E-state index contributed by atoms with van der Waals surface area (Å²) in [7, 11) is -6.94. The van der Waals surface area contributed by atoms with Crippen molar-refractivity contribution >= 4 is 38.4 Å². The van der Waals surface area contributed by atoms with Gasteiger partial charge in [0.1, 0.15) is 4.77 Å². The van der Waals surface area contributed by atoms with Gasteiger partial charge in [-0.05, 0) is 55.4 Å². The predicted octanol–water partition coefficient (Wildman–Crippen LogP) is 6.37. The van der Waals surface area contributed by atoms with E-state index in [0.717, 1.165) is 0 Å². The van der Waals surface area contributed by atoms with Crippen molar-refractivity contribution in [3.05, 3.63) is 22.2 Å². The van der Waals surface area contributed by atoms with Crippen LogP contribution in [0, 0.1) is 0 Å². The highest BCUT2D eigenvalue weighted by Crippen LogP contribution is 2.59.